The third-order valence-electron chi connectivity index (χ3n) is 4.14. The lowest BCUT2D eigenvalue weighted by Gasteiger charge is -2.32. The molecule has 0 saturated heterocycles. The first kappa shape index (κ1) is 20.2. The molecule has 2 aromatic rings. The monoisotopic (exact) mass is 373 g/mol. The molecule has 0 radical (unpaired) electrons. The summed E-state index contributed by atoms with van der Waals surface area (Å²) in [5.41, 5.74) is -1.37. The number of hydrogen-bond donors (Lipinski definition) is 1. The highest BCUT2D eigenvalue weighted by atomic mass is 19.1. The molecule has 0 spiro atoms. The maximum absolute atomic E-state index is 13.9. The van der Waals surface area contributed by atoms with Gasteiger partial charge < -0.3 is 19.3 Å². The molecule has 0 aliphatic heterocycles. The normalized spacial score (nSPS) is 13.9. The van der Waals surface area contributed by atoms with E-state index in [1.54, 1.807) is 0 Å². The smallest absolute Gasteiger partial charge is 0.350 e. The molecule has 0 saturated carbocycles. The summed E-state index contributed by atoms with van der Waals surface area (Å²) in [7, 11) is 1.43. The quantitative estimate of drug-likeness (QED) is 0.748. The molecule has 0 amide bonds. The van der Waals surface area contributed by atoms with Crippen LogP contribution in [0.1, 0.15) is 25.8 Å². The van der Waals surface area contributed by atoms with Gasteiger partial charge in [-0.25, -0.2) is 9.18 Å². The standard InChI is InChI=1S/C20H20FNO5/c1-4-18(25-3)20(2,19(23)24)27-15-8-6-14(7-9-15)26-17-10-5-13(12-22)11-16(17)21/h5-11,18H,4H2,1-3H3,(H,23,24). The molecule has 1 N–H and O–H groups in total. The Morgan fingerprint density at radius 3 is 2.37 bits per heavy atom. The summed E-state index contributed by atoms with van der Waals surface area (Å²) in [5, 5.41) is 18.3. The molecule has 0 bridgehead atoms. The summed E-state index contributed by atoms with van der Waals surface area (Å²) >= 11 is 0. The number of halogens is 1. The summed E-state index contributed by atoms with van der Waals surface area (Å²) in [5.74, 6) is -1.18. The fourth-order valence-corrected chi connectivity index (χ4v) is 2.63. The van der Waals surface area contributed by atoms with Gasteiger partial charge in [-0.2, -0.15) is 5.26 Å². The molecule has 7 heteroatoms. The van der Waals surface area contributed by atoms with Crippen molar-refractivity contribution < 1.29 is 28.5 Å². The van der Waals surface area contributed by atoms with Crippen LogP contribution in [-0.2, 0) is 9.53 Å². The second-order valence-corrected chi connectivity index (χ2v) is 5.98. The van der Waals surface area contributed by atoms with Crippen LogP contribution in [0.15, 0.2) is 42.5 Å². The van der Waals surface area contributed by atoms with Gasteiger partial charge in [-0.3, -0.25) is 0 Å². The van der Waals surface area contributed by atoms with Crippen molar-refractivity contribution in [1.29, 1.82) is 5.26 Å². The van der Waals surface area contributed by atoms with E-state index in [2.05, 4.69) is 0 Å². The molecule has 2 unspecified atom stereocenters. The summed E-state index contributed by atoms with van der Waals surface area (Å²) in [4.78, 5) is 11.7. The molecule has 0 aromatic heterocycles. The highest BCUT2D eigenvalue weighted by molar-refractivity contribution is 5.78. The number of carbonyl (C=O) groups is 1. The highest BCUT2D eigenvalue weighted by Crippen LogP contribution is 2.29. The fraction of sp³-hybridized carbons (Fsp3) is 0.300. The first-order valence-electron chi connectivity index (χ1n) is 8.26. The van der Waals surface area contributed by atoms with Gasteiger partial charge in [-0.1, -0.05) is 6.92 Å². The first-order chi connectivity index (χ1) is 12.8. The van der Waals surface area contributed by atoms with Crippen molar-refractivity contribution in [2.24, 2.45) is 0 Å². The van der Waals surface area contributed by atoms with E-state index in [4.69, 9.17) is 19.5 Å². The number of carboxylic acids is 1. The SMILES string of the molecule is CCC(OC)C(C)(Oc1ccc(Oc2ccc(C#N)cc2F)cc1)C(=O)O. The van der Waals surface area contributed by atoms with Crippen molar-refractivity contribution in [3.8, 4) is 23.3 Å². The lowest BCUT2D eigenvalue weighted by atomic mass is 9.96. The molecule has 142 valence electrons. The van der Waals surface area contributed by atoms with E-state index >= 15 is 0 Å². The van der Waals surface area contributed by atoms with E-state index in [-0.39, 0.29) is 11.3 Å². The van der Waals surface area contributed by atoms with Crippen LogP contribution in [0, 0.1) is 17.1 Å². The summed E-state index contributed by atoms with van der Waals surface area (Å²) < 4.78 is 30.3. The number of methoxy groups -OCH3 is 1. The average Bonchev–Trinajstić information content (AvgIpc) is 2.65. The van der Waals surface area contributed by atoms with Gasteiger partial charge in [0.05, 0.1) is 11.6 Å². The molecule has 27 heavy (non-hydrogen) atoms. The molecule has 0 heterocycles. The number of rotatable bonds is 8. The van der Waals surface area contributed by atoms with Crippen LogP contribution in [-0.4, -0.2) is 29.9 Å². The van der Waals surface area contributed by atoms with Gasteiger partial charge in [0.1, 0.15) is 17.6 Å². The van der Waals surface area contributed by atoms with Crippen LogP contribution < -0.4 is 9.47 Å². The Morgan fingerprint density at radius 1 is 1.26 bits per heavy atom. The second-order valence-electron chi connectivity index (χ2n) is 5.98. The van der Waals surface area contributed by atoms with E-state index in [1.165, 1.54) is 50.4 Å². The number of nitrogens with zero attached hydrogens (tertiary/aromatic N) is 1. The van der Waals surface area contributed by atoms with Gasteiger partial charge in [-0.15, -0.1) is 0 Å². The van der Waals surface area contributed by atoms with Crippen LogP contribution in [0.5, 0.6) is 17.2 Å². The Hall–Kier alpha value is -3.11. The minimum absolute atomic E-state index is 0.0246. The van der Waals surface area contributed by atoms with Crippen LogP contribution in [0.3, 0.4) is 0 Å². The minimum Gasteiger partial charge on any atom is -0.478 e. The minimum atomic E-state index is -1.56. The van der Waals surface area contributed by atoms with Crippen molar-refractivity contribution in [3.05, 3.63) is 53.8 Å². The molecule has 2 atom stereocenters. The second kappa shape index (κ2) is 8.52. The third-order valence-corrected chi connectivity index (χ3v) is 4.14. The molecular formula is C20H20FNO5. The molecule has 6 nitrogen and oxygen atoms in total. The van der Waals surface area contributed by atoms with Gasteiger partial charge in [0, 0.05) is 7.11 Å². The number of hydrogen-bond acceptors (Lipinski definition) is 5. The average molecular weight is 373 g/mol. The van der Waals surface area contributed by atoms with Crippen molar-refractivity contribution in [3.63, 3.8) is 0 Å². The number of benzene rings is 2. The van der Waals surface area contributed by atoms with Gasteiger partial charge in [-0.05, 0) is 55.8 Å². The zero-order chi connectivity index (χ0) is 20.0. The predicted molar refractivity (Wildman–Crippen MR) is 95.4 cm³/mol. The molecule has 0 fully saturated rings. The number of carboxylic acid groups (broad SMARTS) is 1. The van der Waals surface area contributed by atoms with Crippen LogP contribution in [0.25, 0.3) is 0 Å². The summed E-state index contributed by atoms with van der Waals surface area (Å²) in [6.07, 6.45) is -0.183. The lowest BCUT2D eigenvalue weighted by Crippen LogP contribution is -2.52. The molecule has 2 aromatic carbocycles. The Morgan fingerprint density at radius 2 is 1.89 bits per heavy atom. The molecule has 2 rings (SSSR count). The maximum atomic E-state index is 13.9. The topological polar surface area (TPSA) is 88.8 Å². The Bertz CT molecular complexity index is 842. The van der Waals surface area contributed by atoms with Crippen LogP contribution in [0.4, 0.5) is 4.39 Å². The Balaban J connectivity index is 2.17. The van der Waals surface area contributed by atoms with E-state index in [1.807, 2.05) is 13.0 Å². The number of nitriles is 1. The summed E-state index contributed by atoms with van der Waals surface area (Å²) in [6, 6.07) is 11.9. The Kier molecular flexibility index (Phi) is 6.37. The van der Waals surface area contributed by atoms with Crippen LogP contribution >= 0.6 is 0 Å². The van der Waals surface area contributed by atoms with Crippen molar-refractivity contribution in [1.82, 2.24) is 0 Å². The zero-order valence-electron chi connectivity index (χ0n) is 15.2. The van der Waals surface area contributed by atoms with Crippen molar-refractivity contribution >= 4 is 5.97 Å². The zero-order valence-corrected chi connectivity index (χ0v) is 15.2. The van der Waals surface area contributed by atoms with E-state index < -0.39 is 23.5 Å². The maximum Gasteiger partial charge on any atom is 0.350 e. The fourth-order valence-electron chi connectivity index (χ4n) is 2.63. The lowest BCUT2D eigenvalue weighted by molar-refractivity contribution is -0.166. The van der Waals surface area contributed by atoms with Crippen molar-refractivity contribution in [2.45, 2.75) is 32.0 Å². The van der Waals surface area contributed by atoms with Gasteiger partial charge in [0.25, 0.3) is 0 Å². The van der Waals surface area contributed by atoms with E-state index in [0.717, 1.165) is 6.07 Å². The first-order valence-corrected chi connectivity index (χ1v) is 8.26. The Labute approximate surface area is 156 Å². The molecule has 0 aliphatic carbocycles. The summed E-state index contributed by atoms with van der Waals surface area (Å²) in [6.45, 7) is 3.26. The number of ether oxygens (including phenoxy) is 3. The predicted octanol–water partition coefficient (Wildman–Crippen LogP) is 4.14. The third kappa shape index (κ3) is 4.54. The molecule has 0 aliphatic rings. The van der Waals surface area contributed by atoms with E-state index in [0.29, 0.717) is 17.9 Å². The van der Waals surface area contributed by atoms with Gasteiger partial charge in [0.2, 0.25) is 5.60 Å². The number of aliphatic carboxylic acids is 1. The van der Waals surface area contributed by atoms with Gasteiger partial charge >= 0.3 is 5.97 Å². The largest absolute Gasteiger partial charge is 0.478 e. The van der Waals surface area contributed by atoms with Crippen molar-refractivity contribution in [2.75, 3.05) is 7.11 Å². The highest BCUT2D eigenvalue weighted by Gasteiger charge is 2.43. The molecular weight excluding hydrogens is 353 g/mol. The van der Waals surface area contributed by atoms with E-state index in [9.17, 15) is 14.3 Å². The van der Waals surface area contributed by atoms with Gasteiger partial charge in [0.15, 0.2) is 11.6 Å². The van der Waals surface area contributed by atoms with Crippen LogP contribution in [0.2, 0.25) is 0 Å².